The number of aromatic nitrogens is 2. The van der Waals surface area contributed by atoms with E-state index in [-0.39, 0.29) is 59.6 Å². The number of ketones is 1. The standard InChI is InChI=1S/C54H60N4O7S2/c1-30-6-8-33(42(61)20-30)43(62)21-31(59)7-9-32-38-26-66-67-29-54-27-53(16-4-5-17-53)48-36-23-56-40-25-58(24-37(36)40)51-39(12-13-41(60)34-10-11-35(47(54)46(34)48)50(55)57-28-54)52(14-2-3-15-52)18-19-64-45(22-44(32)63)49(38)65-51/h6,8,10-11,22-25,30,33,39,41-43,48,50-51,56-57,60-63H,2-5,7,9,14-17,20-21,26-29,55H2,1H3. The van der Waals surface area contributed by atoms with Crippen LogP contribution in [-0.4, -0.2) is 60.3 Å². The lowest BCUT2D eigenvalue weighted by atomic mass is 9.51. The smallest absolute Gasteiger partial charge is 0.191 e. The van der Waals surface area contributed by atoms with Gasteiger partial charge in [-0.1, -0.05) is 96.2 Å². The molecule has 67 heavy (non-hydrogen) atoms. The van der Waals surface area contributed by atoms with Gasteiger partial charge >= 0.3 is 0 Å². The lowest BCUT2D eigenvalue weighted by Crippen LogP contribution is -2.56. The summed E-state index contributed by atoms with van der Waals surface area (Å²) in [5, 5.41) is 51.6. The molecule has 2 saturated carbocycles. The van der Waals surface area contributed by atoms with Crippen LogP contribution < -0.4 is 20.5 Å². The molecule has 13 heteroatoms. The molecule has 4 aliphatic carbocycles. The summed E-state index contributed by atoms with van der Waals surface area (Å²) in [5.74, 6) is 11.7. The zero-order valence-electron chi connectivity index (χ0n) is 38.0. The van der Waals surface area contributed by atoms with Crippen molar-refractivity contribution in [2.75, 3.05) is 12.3 Å². The molecule has 10 atom stereocenters. The third-order valence-corrected chi connectivity index (χ3v) is 19.7. The third-order valence-electron chi connectivity index (χ3n) is 17.2. The topological polar surface area (TPSA) is 175 Å². The Balaban J connectivity index is 1.05. The molecule has 2 aromatic carbocycles. The molecule has 0 saturated heterocycles. The lowest BCUT2D eigenvalue weighted by molar-refractivity contribution is -0.122. The van der Waals surface area contributed by atoms with E-state index in [0.29, 0.717) is 35.8 Å². The summed E-state index contributed by atoms with van der Waals surface area (Å²) >= 11 is 0. The number of nitrogens with zero attached hydrogens (tertiary/aromatic N) is 1. The van der Waals surface area contributed by atoms with E-state index in [1.165, 1.54) is 16.7 Å². The molecule has 6 aliphatic heterocycles. The number of phenolic OH excluding ortho intramolecular Hbond substituents is 1. The minimum Gasteiger partial charge on any atom is -0.508 e. The van der Waals surface area contributed by atoms with Crippen LogP contribution in [0.2, 0.25) is 0 Å². The lowest BCUT2D eigenvalue weighted by Gasteiger charge is -2.56. The molecule has 8 heterocycles. The summed E-state index contributed by atoms with van der Waals surface area (Å²) in [6, 6.07) is 5.81. The maximum atomic E-state index is 13.8. The Morgan fingerprint density at radius 3 is 2.67 bits per heavy atom. The number of allylic oxidation sites excluding steroid dienone is 1. The number of nitrogens with one attached hydrogen (secondary N) is 2. The average Bonchev–Trinajstić information content (AvgIpc) is 4.13. The van der Waals surface area contributed by atoms with Crippen LogP contribution in [0.4, 0.5) is 0 Å². The molecule has 14 rings (SSSR count). The van der Waals surface area contributed by atoms with Crippen molar-refractivity contribution in [2.45, 2.75) is 138 Å². The number of fused-ring (bicyclic) bond motifs is 1. The van der Waals surface area contributed by atoms with Gasteiger partial charge < -0.3 is 45.2 Å². The predicted octanol–water partition coefficient (Wildman–Crippen LogP) is 8.45. The van der Waals surface area contributed by atoms with Gasteiger partial charge in [-0.25, -0.2) is 0 Å². The molecular formula is C54H60N4O7S2. The quantitative estimate of drug-likeness (QED) is 0.0562. The summed E-state index contributed by atoms with van der Waals surface area (Å²) in [5.41, 5.74) is 14.0. The van der Waals surface area contributed by atoms with Gasteiger partial charge in [-0.05, 0) is 84.1 Å². The van der Waals surface area contributed by atoms with Crippen molar-refractivity contribution in [1.29, 1.82) is 0 Å². The van der Waals surface area contributed by atoms with Crippen molar-refractivity contribution in [3.05, 3.63) is 87.9 Å². The highest BCUT2D eigenvalue weighted by atomic mass is 33.1. The van der Waals surface area contributed by atoms with Gasteiger partial charge in [0, 0.05) is 89.3 Å². The number of aliphatic hydroxyl groups is 3. The Labute approximate surface area is 399 Å². The first-order valence-corrected chi connectivity index (χ1v) is 27.0. The Bertz CT molecular complexity index is 2820. The van der Waals surface area contributed by atoms with Gasteiger partial charge in [0.2, 0.25) is 0 Å². The minimum absolute atomic E-state index is 0.0108. The minimum atomic E-state index is -1.08. The number of benzene rings is 2. The second-order valence-corrected chi connectivity index (χ2v) is 23.7. The highest BCUT2D eigenvalue weighted by molar-refractivity contribution is 8.76. The molecule has 8 N–H and O–H groups in total. The van der Waals surface area contributed by atoms with Crippen molar-refractivity contribution in [3.8, 4) is 41.1 Å². The van der Waals surface area contributed by atoms with Crippen molar-refractivity contribution < 1.29 is 34.7 Å². The summed E-state index contributed by atoms with van der Waals surface area (Å²) < 4.78 is 16.1. The molecule has 350 valence electrons. The van der Waals surface area contributed by atoms with Crippen LogP contribution in [0.15, 0.2) is 48.9 Å². The first kappa shape index (κ1) is 43.9. The molecule has 0 radical (unpaired) electrons. The van der Waals surface area contributed by atoms with Crippen LogP contribution in [0.25, 0.3) is 10.9 Å². The van der Waals surface area contributed by atoms with Gasteiger partial charge in [-0.15, -0.1) is 0 Å². The van der Waals surface area contributed by atoms with Gasteiger partial charge in [0.15, 0.2) is 17.7 Å². The Kier molecular flexibility index (Phi) is 10.9. The van der Waals surface area contributed by atoms with Crippen LogP contribution in [-0.2, 0) is 22.4 Å². The third kappa shape index (κ3) is 7.12. The second kappa shape index (κ2) is 16.7. The van der Waals surface area contributed by atoms with Crippen LogP contribution in [0, 0.1) is 52.5 Å². The molecule has 4 aromatic rings. The maximum Gasteiger partial charge on any atom is 0.191 e. The van der Waals surface area contributed by atoms with Crippen molar-refractivity contribution in [3.63, 3.8) is 0 Å². The fraction of sp³-hybridized carbons (Fsp3) is 0.537. The van der Waals surface area contributed by atoms with E-state index in [1.54, 1.807) is 16.9 Å². The summed E-state index contributed by atoms with van der Waals surface area (Å²) in [6.45, 7) is 2.73. The first-order chi connectivity index (χ1) is 32.5. The molecule has 0 amide bonds. The number of ether oxygens (including phenoxy) is 2. The Morgan fingerprint density at radius 1 is 1.04 bits per heavy atom. The summed E-state index contributed by atoms with van der Waals surface area (Å²) in [6.07, 6.45) is 19.3. The van der Waals surface area contributed by atoms with Crippen LogP contribution in [0.5, 0.6) is 17.2 Å². The molecule has 3 spiro atoms. The first-order valence-electron chi connectivity index (χ1n) is 24.5. The number of hydrogen-bond donors (Lipinski definition) is 7. The number of rotatable bonds is 6. The fourth-order valence-corrected chi connectivity index (χ4v) is 16.8. The van der Waals surface area contributed by atoms with Crippen molar-refractivity contribution >= 4 is 38.3 Å². The van der Waals surface area contributed by atoms with E-state index in [9.17, 15) is 25.2 Å². The second-order valence-electron chi connectivity index (χ2n) is 21.3. The molecule has 10 bridgehead atoms. The Hall–Kier alpha value is -4.31. The maximum absolute atomic E-state index is 13.8. The van der Waals surface area contributed by atoms with Crippen LogP contribution in [0.1, 0.15) is 147 Å². The van der Waals surface area contributed by atoms with Gasteiger partial charge in [0.1, 0.15) is 23.7 Å². The monoisotopic (exact) mass is 940 g/mol. The number of aromatic hydroxyl groups is 1. The van der Waals surface area contributed by atoms with Crippen molar-refractivity contribution in [1.82, 2.24) is 14.9 Å². The van der Waals surface area contributed by atoms with Crippen molar-refractivity contribution in [2.24, 2.45) is 34.3 Å². The van der Waals surface area contributed by atoms with E-state index in [0.717, 1.165) is 91.1 Å². The van der Waals surface area contributed by atoms with E-state index >= 15 is 0 Å². The summed E-state index contributed by atoms with van der Waals surface area (Å²) in [7, 11) is 3.51. The molecular weight excluding hydrogens is 881 g/mol. The normalized spacial score (nSPS) is 32.0. The van der Waals surface area contributed by atoms with Crippen LogP contribution in [0.3, 0.4) is 0 Å². The highest BCUT2D eigenvalue weighted by Crippen LogP contribution is 2.66. The van der Waals surface area contributed by atoms with E-state index < -0.39 is 41.8 Å². The zero-order chi connectivity index (χ0) is 45.8. The molecule has 11 nitrogen and oxygen atoms in total. The van der Waals surface area contributed by atoms with E-state index in [2.05, 4.69) is 69.5 Å². The number of aromatic amines is 1. The fourth-order valence-electron chi connectivity index (χ4n) is 14.1. The molecule has 10 unspecified atom stereocenters. The number of phenols is 1. The van der Waals surface area contributed by atoms with E-state index in [4.69, 9.17) is 15.2 Å². The van der Waals surface area contributed by atoms with Crippen LogP contribution >= 0.6 is 21.6 Å². The number of nitrogens with two attached hydrogens (primary N) is 1. The largest absolute Gasteiger partial charge is 0.508 e. The number of aliphatic hydroxyl groups excluding tert-OH is 3. The highest BCUT2D eigenvalue weighted by Gasteiger charge is 2.58. The predicted molar refractivity (Wildman–Crippen MR) is 260 cm³/mol. The number of hydrogen-bond acceptors (Lipinski definition) is 11. The SMILES string of the molecule is CC1C=CC(C(O)CC(=O)CCc2c(O)cc3c4c2CSSCC25CNC(N)c6ccc7c(c62)C(c2c[nH]c6cn(cc26)C(O4)C(C#CC7O)C2(C#CO3)CCCC2)C2(CCCC2)C5)C(O)C1. The molecule has 10 aliphatic rings. The number of carbonyl (C=O) groups excluding carboxylic acids is 1. The van der Waals surface area contributed by atoms with Gasteiger partial charge in [-0.3, -0.25) is 10.1 Å². The number of Topliss-reactive ketones (excluding diaryl/α,β-unsaturated/α-hetero) is 1. The summed E-state index contributed by atoms with van der Waals surface area (Å²) in [4.78, 5) is 17.5. The van der Waals surface area contributed by atoms with Gasteiger partial charge in [0.05, 0.1) is 35.2 Å². The van der Waals surface area contributed by atoms with E-state index in [1.807, 2.05) is 29.9 Å². The zero-order valence-corrected chi connectivity index (χ0v) is 39.6. The number of H-pyrrole nitrogens is 1. The number of carbonyl (C=O) groups is 1. The molecule has 2 aromatic heterocycles. The van der Waals surface area contributed by atoms with Gasteiger partial charge in [0.25, 0.3) is 0 Å². The molecule has 2 fully saturated rings. The van der Waals surface area contributed by atoms with Gasteiger partial charge in [-0.2, -0.15) is 0 Å². The average molecular weight is 941 g/mol. The Morgan fingerprint density at radius 2 is 1.85 bits per heavy atom.